The van der Waals surface area contributed by atoms with Crippen LogP contribution in [0.3, 0.4) is 0 Å². The summed E-state index contributed by atoms with van der Waals surface area (Å²) >= 11 is 0. The maximum Gasteiger partial charge on any atom is 0.269 e. The van der Waals surface area contributed by atoms with E-state index in [4.69, 9.17) is 0 Å². The van der Waals surface area contributed by atoms with Crippen LogP contribution in [0, 0.1) is 10.1 Å². The lowest BCUT2D eigenvalue weighted by Crippen LogP contribution is -2.49. The number of nitrogens with one attached hydrogen (secondary N) is 1. The highest BCUT2D eigenvalue weighted by Gasteiger charge is 2.25. The van der Waals surface area contributed by atoms with Gasteiger partial charge in [0.05, 0.1) is 11.5 Å². The molecule has 23 heavy (non-hydrogen) atoms. The van der Waals surface area contributed by atoms with Gasteiger partial charge in [0.1, 0.15) is 0 Å². The van der Waals surface area contributed by atoms with Crippen molar-refractivity contribution in [3.63, 3.8) is 0 Å². The number of non-ortho nitro benzene ring substituents is 1. The Morgan fingerprint density at radius 2 is 1.91 bits per heavy atom. The third-order valence-electron chi connectivity index (χ3n) is 4.30. The summed E-state index contributed by atoms with van der Waals surface area (Å²) < 4.78 is 0. The number of hydrogen-bond acceptors (Lipinski definition) is 5. The molecule has 1 aromatic carbocycles. The number of benzene rings is 1. The van der Waals surface area contributed by atoms with E-state index < -0.39 is 0 Å². The van der Waals surface area contributed by atoms with Gasteiger partial charge in [-0.05, 0) is 18.4 Å². The third kappa shape index (κ3) is 4.74. The molecule has 2 fully saturated rings. The first-order valence-electron chi connectivity index (χ1n) is 8.07. The lowest BCUT2D eigenvalue weighted by atomic mass is 10.1. The molecule has 1 aromatic rings. The van der Waals surface area contributed by atoms with Gasteiger partial charge in [0.25, 0.3) is 5.69 Å². The Bertz CT molecular complexity index is 580. The molecule has 1 amide bonds. The fraction of sp³-hybridized carbons (Fsp3) is 0.562. The van der Waals surface area contributed by atoms with Gasteiger partial charge in [-0.2, -0.15) is 0 Å². The SMILES string of the molecule is O=C(CN1CCN(Cc2cccc([N+](=O)[O-])c2)CC1)NC1CC1. The van der Waals surface area contributed by atoms with Gasteiger partial charge in [-0.25, -0.2) is 0 Å². The van der Waals surface area contributed by atoms with Crippen LogP contribution in [0.5, 0.6) is 0 Å². The predicted molar refractivity (Wildman–Crippen MR) is 86.0 cm³/mol. The number of carbonyl (C=O) groups excluding carboxylic acids is 1. The van der Waals surface area contributed by atoms with Gasteiger partial charge in [-0.3, -0.25) is 24.7 Å². The molecule has 124 valence electrons. The summed E-state index contributed by atoms with van der Waals surface area (Å²) in [5.41, 5.74) is 1.09. The van der Waals surface area contributed by atoms with E-state index in [1.54, 1.807) is 12.1 Å². The van der Waals surface area contributed by atoms with Crippen LogP contribution in [0.4, 0.5) is 5.69 Å². The highest BCUT2D eigenvalue weighted by molar-refractivity contribution is 5.78. The summed E-state index contributed by atoms with van der Waals surface area (Å²) in [6.45, 7) is 4.64. The van der Waals surface area contributed by atoms with Crippen LogP contribution in [-0.2, 0) is 11.3 Å². The van der Waals surface area contributed by atoms with E-state index in [9.17, 15) is 14.9 Å². The molecule has 1 saturated carbocycles. The van der Waals surface area contributed by atoms with E-state index in [0.29, 0.717) is 19.1 Å². The van der Waals surface area contributed by atoms with Crippen LogP contribution in [0.25, 0.3) is 0 Å². The molecule has 1 aliphatic carbocycles. The van der Waals surface area contributed by atoms with Crippen molar-refractivity contribution in [2.24, 2.45) is 0 Å². The molecule has 2 aliphatic rings. The standard InChI is InChI=1S/C16H22N4O3/c21-16(17-14-4-5-14)12-19-8-6-18(7-9-19)11-13-2-1-3-15(10-13)20(22)23/h1-3,10,14H,4-9,11-12H2,(H,17,21). The number of hydrogen-bond donors (Lipinski definition) is 1. The molecule has 0 spiro atoms. The molecule has 7 nitrogen and oxygen atoms in total. The smallest absolute Gasteiger partial charge is 0.269 e. The van der Waals surface area contributed by atoms with Gasteiger partial charge in [0.15, 0.2) is 0 Å². The van der Waals surface area contributed by atoms with Crippen LogP contribution < -0.4 is 5.32 Å². The first-order chi connectivity index (χ1) is 11.1. The highest BCUT2D eigenvalue weighted by Crippen LogP contribution is 2.18. The second kappa shape index (κ2) is 7.06. The predicted octanol–water partition coefficient (Wildman–Crippen LogP) is 0.991. The molecule has 1 aliphatic heterocycles. The molecular formula is C16H22N4O3. The molecule has 1 N–H and O–H groups in total. The first kappa shape index (κ1) is 15.9. The minimum Gasteiger partial charge on any atom is -0.352 e. The molecule has 0 radical (unpaired) electrons. The number of nitro benzene ring substituents is 1. The summed E-state index contributed by atoms with van der Waals surface area (Å²) in [7, 11) is 0. The van der Waals surface area contributed by atoms with Crippen LogP contribution >= 0.6 is 0 Å². The topological polar surface area (TPSA) is 78.7 Å². The summed E-state index contributed by atoms with van der Waals surface area (Å²) in [5, 5.41) is 13.8. The van der Waals surface area contributed by atoms with Gasteiger partial charge in [0, 0.05) is 50.9 Å². The molecule has 0 unspecified atom stereocenters. The molecular weight excluding hydrogens is 296 g/mol. The van der Waals surface area contributed by atoms with Crippen molar-refractivity contribution in [3.8, 4) is 0 Å². The van der Waals surface area contributed by atoms with Crippen LogP contribution in [0.1, 0.15) is 18.4 Å². The fourth-order valence-electron chi connectivity index (χ4n) is 2.84. The van der Waals surface area contributed by atoms with Crippen molar-refractivity contribution >= 4 is 11.6 Å². The summed E-state index contributed by atoms with van der Waals surface area (Å²) in [5.74, 6) is 0.125. The lowest BCUT2D eigenvalue weighted by Gasteiger charge is -2.34. The van der Waals surface area contributed by atoms with Gasteiger partial charge in [0.2, 0.25) is 5.91 Å². The first-order valence-corrected chi connectivity index (χ1v) is 8.07. The zero-order valence-electron chi connectivity index (χ0n) is 13.1. The average Bonchev–Trinajstić information content (AvgIpc) is 3.33. The highest BCUT2D eigenvalue weighted by atomic mass is 16.6. The Kier molecular flexibility index (Phi) is 4.88. The molecule has 0 aromatic heterocycles. The maximum atomic E-state index is 11.8. The molecule has 7 heteroatoms. The van der Waals surface area contributed by atoms with Crippen molar-refractivity contribution in [3.05, 3.63) is 39.9 Å². The Hall–Kier alpha value is -1.99. The van der Waals surface area contributed by atoms with E-state index >= 15 is 0 Å². The van der Waals surface area contributed by atoms with Gasteiger partial charge in [-0.1, -0.05) is 12.1 Å². The Balaban J connectivity index is 1.44. The van der Waals surface area contributed by atoms with Crippen molar-refractivity contribution in [2.45, 2.75) is 25.4 Å². The molecule has 1 heterocycles. The maximum absolute atomic E-state index is 11.8. The quantitative estimate of drug-likeness (QED) is 0.625. The normalized spacial score (nSPS) is 19.5. The number of piperazine rings is 1. The average molecular weight is 318 g/mol. The number of carbonyl (C=O) groups is 1. The number of nitrogens with zero attached hydrogens (tertiary/aromatic N) is 3. The summed E-state index contributed by atoms with van der Waals surface area (Å²) in [6.07, 6.45) is 2.23. The summed E-state index contributed by atoms with van der Waals surface area (Å²) in [6, 6.07) is 7.21. The van der Waals surface area contributed by atoms with Crippen LogP contribution in [-0.4, -0.2) is 59.4 Å². The Morgan fingerprint density at radius 1 is 1.22 bits per heavy atom. The van der Waals surface area contributed by atoms with E-state index in [1.165, 1.54) is 6.07 Å². The zero-order valence-corrected chi connectivity index (χ0v) is 13.1. The lowest BCUT2D eigenvalue weighted by molar-refractivity contribution is -0.384. The minimum absolute atomic E-state index is 0.125. The Labute approximate surface area is 135 Å². The van der Waals surface area contributed by atoms with Crippen molar-refractivity contribution < 1.29 is 9.72 Å². The number of rotatable bonds is 6. The minimum atomic E-state index is -0.361. The third-order valence-corrected chi connectivity index (χ3v) is 4.30. The van der Waals surface area contributed by atoms with E-state index in [-0.39, 0.29) is 16.5 Å². The van der Waals surface area contributed by atoms with Crippen molar-refractivity contribution in [2.75, 3.05) is 32.7 Å². The van der Waals surface area contributed by atoms with Crippen molar-refractivity contribution in [1.29, 1.82) is 0 Å². The molecule has 1 saturated heterocycles. The van der Waals surface area contributed by atoms with E-state index in [2.05, 4.69) is 15.1 Å². The number of nitro groups is 1. The van der Waals surface area contributed by atoms with Crippen molar-refractivity contribution in [1.82, 2.24) is 15.1 Å². The van der Waals surface area contributed by atoms with E-state index in [1.807, 2.05) is 6.07 Å². The molecule has 0 atom stereocenters. The van der Waals surface area contributed by atoms with Crippen LogP contribution in [0.2, 0.25) is 0 Å². The fourth-order valence-corrected chi connectivity index (χ4v) is 2.84. The Morgan fingerprint density at radius 3 is 2.57 bits per heavy atom. The second-order valence-electron chi connectivity index (χ2n) is 6.32. The summed E-state index contributed by atoms with van der Waals surface area (Å²) in [4.78, 5) is 26.7. The monoisotopic (exact) mass is 318 g/mol. The molecule has 3 rings (SSSR count). The van der Waals surface area contributed by atoms with E-state index in [0.717, 1.165) is 44.6 Å². The van der Waals surface area contributed by atoms with Crippen LogP contribution in [0.15, 0.2) is 24.3 Å². The molecule has 0 bridgehead atoms. The zero-order chi connectivity index (χ0) is 16.2. The van der Waals surface area contributed by atoms with Gasteiger partial charge in [-0.15, -0.1) is 0 Å². The van der Waals surface area contributed by atoms with Gasteiger partial charge < -0.3 is 5.32 Å². The van der Waals surface area contributed by atoms with Gasteiger partial charge >= 0.3 is 0 Å². The largest absolute Gasteiger partial charge is 0.352 e. The number of amides is 1. The second-order valence-corrected chi connectivity index (χ2v) is 6.32.